The molecule has 154 valence electrons. The molecular formula is C23H23N3O4. The lowest BCUT2D eigenvalue weighted by Gasteiger charge is -2.24. The Kier molecular flexibility index (Phi) is 4.55. The van der Waals surface area contributed by atoms with Gasteiger partial charge in [0.2, 0.25) is 11.7 Å². The van der Waals surface area contributed by atoms with E-state index < -0.39 is 0 Å². The first-order valence-electron chi connectivity index (χ1n) is 10.1. The van der Waals surface area contributed by atoms with Crippen LogP contribution in [-0.2, 0) is 16.6 Å². The number of hydrogen-bond acceptors (Lipinski definition) is 6. The molecule has 7 heteroatoms. The molecule has 5 rings (SSSR count). The zero-order valence-corrected chi connectivity index (χ0v) is 16.8. The molecule has 1 aliphatic heterocycles. The molecule has 0 radical (unpaired) electrons. The van der Waals surface area contributed by atoms with Crippen molar-refractivity contribution < 1.29 is 19.2 Å². The number of fused-ring (bicyclic) bond motifs is 2. The molecule has 7 nitrogen and oxygen atoms in total. The SMILES string of the molecule is COc1cccc(-c2nc(-c3cccc4c3CC[C@@]43CC(=O)N(CCO)C3)no2)c1. The van der Waals surface area contributed by atoms with E-state index in [0.717, 1.165) is 29.7 Å². The van der Waals surface area contributed by atoms with E-state index in [9.17, 15) is 9.90 Å². The number of hydrogen-bond donors (Lipinski definition) is 1. The number of rotatable bonds is 5. The number of benzene rings is 2. The number of aliphatic hydroxyl groups excluding tert-OH is 1. The van der Waals surface area contributed by atoms with Gasteiger partial charge < -0.3 is 19.3 Å². The number of aromatic nitrogens is 2. The third-order valence-corrected chi connectivity index (χ3v) is 6.29. The second-order valence-corrected chi connectivity index (χ2v) is 7.98. The van der Waals surface area contributed by atoms with E-state index in [0.29, 0.717) is 31.2 Å². The first-order valence-corrected chi connectivity index (χ1v) is 10.1. The Bertz CT molecular complexity index is 1110. The first kappa shape index (κ1) is 18.8. The van der Waals surface area contributed by atoms with Crippen LogP contribution in [0.25, 0.3) is 22.8 Å². The lowest BCUT2D eigenvalue weighted by molar-refractivity contribution is -0.128. The van der Waals surface area contributed by atoms with Crippen LogP contribution in [0.4, 0.5) is 0 Å². The summed E-state index contributed by atoms with van der Waals surface area (Å²) < 4.78 is 10.8. The molecular weight excluding hydrogens is 382 g/mol. The lowest BCUT2D eigenvalue weighted by Crippen LogP contribution is -2.32. The highest BCUT2D eigenvalue weighted by Crippen LogP contribution is 2.48. The van der Waals surface area contributed by atoms with E-state index in [-0.39, 0.29) is 17.9 Å². The monoisotopic (exact) mass is 405 g/mol. The van der Waals surface area contributed by atoms with Gasteiger partial charge in [0.05, 0.1) is 13.7 Å². The minimum absolute atomic E-state index is 0.00930. The fourth-order valence-corrected chi connectivity index (χ4v) is 4.85. The molecule has 0 unspecified atom stereocenters. The molecule has 2 heterocycles. The van der Waals surface area contributed by atoms with E-state index in [2.05, 4.69) is 16.2 Å². The third-order valence-electron chi connectivity index (χ3n) is 6.29. The zero-order chi connectivity index (χ0) is 20.7. The molecule has 0 saturated carbocycles. The van der Waals surface area contributed by atoms with E-state index in [1.807, 2.05) is 36.4 Å². The molecule has 2 aromatic carbocycles. The van der Waals surface area contributed by atoms with Crippen molar-refractivity contribution >= 4 is 5.91 Å². The minimum Gasteiger partial charge on any atom is -0.497 e. The number of likely N-dealkylation sites (tertiary alicyclic amines) is 1. The van der Waals surface area contributed by atoms with E-state index in [1.165, 1.54) is 11.1 Å². The van der Waals surface area contributed by atoms with Crippen molar-refractivity contribution in [2.45, 2.75) is 24.7 Å². The first-order chi connectivity index (χ1) is 14.6. The smallest absolute Gasteiger partial charge is 0.258 e. The lowest BCUT2D eigenvalue weighted by atomic mass is 9.80. The van der Waals surface area contributed by atoms with Crippen molar-refractivity contribution in [3.05, 3.63) is 53.6 Å². The molecule has 1 amide bonds. The van der Waals surface area contributed by atoms with Crippen molar-refractivity contribution in [3.8, 4) is 28.6 Å². The van der Waals surface area contributed by atoms with Crippen molar-refractivity contribution in [1.29, 1.82) is 0 Å². The molecule has 30 heavy (non-hydrogen) atoms. The second kappa shape index (κ2) is 7.25. The normalized spacial score (nSPS) is 20.2. The van der Waals surface area contributed by atoms with Crippen LogP contribution in [0.5, 0.6) is 5.75 Å². The molecule has 2 aliphatic rings. The van der Waals surface area contributed by atoms with Crippen LogP contribution >= 0.6 is 0 Å². The summed E-state index contributed by atoms with van der Waals surface area (Å²) in [6.07, 6.45) is 2.27. The average Bonchev–Trinajstić information content (AvgIpc) is 3.47. The standard InChI is InChI=1S/C23H23N3O4/c1-29-16-5-2-4-15(12-16)22-24-21(25-30-22)18-6-3-7-19-17(18)8-9-23(19)13-20(28)26(14-23)10-11-27/h2-7,12,27H,8-11,13-14H2,1H3/t23-/m0/s1. The Balaban J connectivity index is 1.49. The summed E-state index contributed by atoms with van der Waals surface area (Å²) in [5.41, 5.74) is 3.96. The van der Waals surface area contributed by atoms with Gasteiger partial charge in [0.25, 0.3) is 5.89 Å². The number of carbonyl (C=O) groups is 1. The van der Waals surface area contributed by atoms with Crippen molar-refractivity contribution in [2.24, 2.45) is 0 Å². The van der Waals surface area contributed by atoms with Crippen LogP contribution in [0.3, 0.4) is 0 Å². The Labute approximate surface area is 174 Å². The van der Waals surface area contributed by atoms with Crippen LogP contribution in [0.2, 0.25) is 0 Å². The number of nitrogens with zero attached hydrogens (tertiary/aromatic N) is 3. The molecule has 1 N–H and O–H groups in total. The van der Waals surface area contributed by atoms with Crippen molar-refractivity contribution in [1.82, 2.24) is 15.0 Å². The highest BCUT2D eigenvalue weighted by Gasteiger charge is 2.48. The van der Waals surface area contributed by atoms with Gasteiger partial charge in [-0.2, -0.15) is 4.98 Å². The summed E-state index contributed by atoms with van der Waals surface area (Å²) >= 11 is 0. The molecule has 1 spiro atoms. The topological polar surface area (TPSA) is 88.7 Å². The van der Waals surface area contributed by atoms with Gasteiger partial charge in [-0.25, -0.2) is 0 Å². The maximum absolute atomic E-state index is 12.5. The summed E-state index contributed by atoms with van der Waals surface area (Å²) in [5, 5.41) is 13.5. The zero-order valence-electron chi connectivity index (χ0n) is 16.8. The number of ether oxygens (including phenoxy) is 1. The molecule has 1 atom stereocenters. The Morgan fingerprint density at radius 2 is 2.13 bits per heavy atom. The quantitative estimate of drug-likeness (QED) is 0.702. The summed E-state index contributed by atoms with van der Waals surface area (Å²) in [6.45, 7) is 1.04. The third kappa shape index (κ3) is 2.97. The predicted molar refractivity (Wildman–Crippen MR) is 110 cm³/mol. The average molecular weight is 405 g/mol. The van der Waals surface area contributed by atoms with Gasteiger partial charge in [-0.15, -0.1) is 0 Å². The molecule has 1 aliphatic carbocycles. The van der Waals surface area contributed by atoms with Gasteiger partial charge in [0.1, 0.15) is 5.75 Å². The van der Waals surface area contributed by atoms with Gasteiger partial charge >= 0.3 is 0 Å². The van der Waals surface area contributed by atoms with E-state index >= 15 is 0 Å². The molecule has 0 bridgehead atoms. The van der Waals surface area contributed by atoms with Gasteiger partial charge in [-0.1, -0.05) is 29.4 Å². The molecule has 1 saturated heterocycles. The Morgan fingerprint density at radius 3 is 2.97 bits per heavy atom. The van der Waals surface area contributed by atoms with Crippen LogP contribution in [0.1, 0.15) is 24.0 Å². The summed E-state index contributed by atoms with van der Waals surface area (Å²) in [4.78, 5) is 18.9. The highest BCUT2D eigenvalue weighted by atomic mass is 16.5. The molecule has 3 aromatic rings. The summed E-state index contributed by atoms with van der Waals surface area (Å²) in [5.74, 6) is 1.84. The summed E-state index contributed by atoms with van der Waals surface area (Å²) in [7, 11) is 1.62. The van der Waals surface area contributed by atoms with E-state index in [4.69, 9.17) is 9.26 Å². The fraction of sp³-hybridized carbons (Fsp3) is 0.348. The fourth-order valence-electron chi connectivity index (χ4n) is 4.85. The maximum Gasteiger partial charge on any atom is 0.258 e. The van der Waals surface area contributed by atoms with Crippen LogP contribution < -0.4 is 4.74 Å². The number of carbonyl (C=O) groups excluding carboxylic acids is 1. The second-order valence-electron chi connectivity index (χ2n) is 7.98. The van der Waals surface area contributed by atoms with Gasteiger partial charge in [0, 0.05) is 36.1 Å². The van der Waals surface area contributed by atoms with Crippen LogP contribution in [-0.4, -0.2) is 52.9 Å². The highest BCUT2D eigenvalue weighted by molar-refractivity contribution is 5.82. The largest absolute Gasteiger partial charge is 0.497 e. The van der Waals surface area contributed by atoms with Crippen molar-refractivity contribution in [2.75, 3.05) is 26.8 Å². The number of amides is 1. The van der Waals surface area contributed by atoms with Gasteiger partial charge in [-0.05, 0) is 42.2 Å². The number of β-amino-alcohol motifs (C(OH)–C–C–N with tert-alkyl or cyclic N) is 1. The summed E-state index contributed by atoms with van der Waals surface area (Å²) in [6, 6.07) is 13.7. The van der Waals surface area contributed by atoms with Crippen LogP contribution in [0.15, 0.2) is 47.0 Å². The number of aliphatic hydroxyl groups is 1. The Hall–Kier alpha value is -3.19. The van der Waals surface area contributed by atoms with E-state index in [1.54, 1.807) is 12.0 Å². The Morgan fingerprint density at radius 1 is 1.27 bits per heavy atom. The van der Waals surface area contributed by atoms with Crippen molar-refractivity contribution in [3.63, 3.8) is 0 Å². The van der Waals surface area contributed by atoms with Gasteiger partial charge in [-0.3, -0.25) is 4.79 Å². The number of methoxy groups -OCH3 is 1. The molecule has 1 aromatic heterocycles. The van der Waals surface area contributed by atoms with Gasteiger partial charge in [0.15, 0.2) is 0 Å². The maximum atomic E-state index is 12.5. The minimum atomic E-state index is -0.184. The predicted octanol–water partition coefficient (Wildman–Crippen LogP) is 2.82. The molecule has 1 fully saturated rings. The van der Waals surface area contributed by atoms with Crippen LogP contribution in [0, 0.1) is 0 Å².